The molecule has 3 N–H and O–H groups in total. The van der Waals surface area contributed by atoms with Gasteiger partial charge in [-0.2, -0.15) is 0 Å². The number of nitrogens with one attached hydrogen (secondary N) is 1. The van der Waals surface area contributed by atoms with Crippen molar-refractivity contribution in [2.24, 2.45) is 0 Å². The lowest BCUT2D eigenvalue weighted by Crippen LogP contribution is -2.28. The van der Waals surface area contributed by atoms with E-state index in [1.54, 1.807) is 12.4 Å². The Morgan fingerprint density at radius 2 is 2.10 bits per heavy atom. The summed E-state index contributed by atoms with van der Waals surface area (Å²) in [5.74, 6) is 0.0471. The van der Waals surface area contributed by atoms with E-state index in [0.717, 1.165) is 24.1 Å². The Bertz CT molecular complexity index is 625. The van der Waals surface area contributed by atoms with Gasteiger partial charge < -0.3 is 11.1 Å². The van der Waals surface area contributed by atoms with E-state index in [1.165, 1.54) is 11.1 Å². The number of hydrogen-bond acceptors (Lipinski definition) is 3. The Balaban J connectivity index is 1.67. The molecule has 2 aromatic rings. The predicted octanol–water partition coefficient (Wildman–Crippen LogP) is 2.01. The Hall–Kier alpha value is -2.36. The van der Waals surface area contributed by atoms with Crippen LogP contribution in [0.4, 0.5) is 5.69 Å². The third-order valence-electron chi connectivity index (χ3n) is 3.69. The van der Waals surface area contributed by atoms with Crippen molar-refractivity contribution in [2.75, 3.05) is 5.73 Å². The number of hydrogen-bond donors (Lipinski definition) is 2. The molecule has 1 amide bonds. The summed E-state index contributed by atoms with van der Waals surface area (Å²) >= 11 is 0. The number of carbonyl (C=O) groups is 1. The van der Waals surface area contributed by atoms with Gasteiger partial charge in [0.05, 0.1) is 12.5 Å². The average Bonchev–Trinajstić information content (AvgIpc) is 2.82. The maximum atomic E-state index is 12.1. The first-order chi connectivity index (χ1) is 9.72. The molecule has 0 aliphatic heterocycles. The highest BCUT2D eigenvalue weighted by Gasteiger charge is 2.23. The van der Waals surface area contributed by atoms with Gasteiger partial charge in [-0.05, 0) is 53.8 Å². The van der Waals surface area contributed by atoms with Crippen LogP contribution in [0.15, 0.2) is 42.7 Å². The first-order valence-electron chi connectivity index (χ1n) is 6.79. The molecule has 4 nitrogen and oxygen atoms in total. The quantitative estimate of drug-likeness (QED) is 0.836. The summed E-state index contributed by atoms with van der Waals surface area (Å²) in [5, 5.41) is 3.10. The third kappa shape index (κ3) is 2.64. The highest BCUT2D eigenvalue weighted by molar-refractivity contribution is 5.79. The molecule has 1 unspecified atom stereocenters. The van der Waals surface area contributed by atoms with E-state index >= 15 is 0 Å². The van der Waals surface area contributed by atoms with Gasteiger partial charge in [0.15, 0.2) is 0 Å². The van der Waals surface area contributed by atoms with E-state index in [-0.39, 0.29) is 11.9 Å². The lowest BCUT2D eigenvalue weighted by molar-refractivity contribution is -0.121. The minimum Gasteiger partial charge on any atom is -0.399 e. The van der Waals surface area contributed by atoms with Crippen LogP contribution in [0.1, 0.15) is 29.2 Å². The Morgan fingerprint density at radius 3 is 2.90 bits per heavy atom. The van der Waals surface area contributed by atoms with Gasteiger partial charge in [-0.25, -0.2) is 0 Å². The van der Waals surface area contributed by atoms with Gasteiger partial charge in [-0.1, -0.05) is 6.07 Å². The second-order valence-corrected chi connectivity index (χ2v) is 5.15. The van der Waals surface area contributed by atoms with Gasteiger partial charge in [-0.15, -0.1) is 0 Å². The number of carbonyl (C=O) groups excluding carboxylic acids is 1. The van der Waals surface area contributed by atoms with E-state index in [4.69, 9.17) is 5.73 Å². The zero-order valence-corrected chi connectivity index (χ0v) is 11.2. The van der Waals surface area contributed by atoms with Crippen LogP contribution in [-0.4, -0.2) is 10.9 Å². The summed E-state index contributed by atoms with van der Waals surface area (Å²) in [4.78, 5) is 16.0. The topological polar surface area (TPSA) is 68.0 Å². The molecule has 1 aliphatic rings. The number of rotatable bonds is 3. The standard InChI is InChI=1S/C16H17N3O/c17-13-2-3-14-12(10-13)1-4-15(14)19-16(20)9-11-5-7-18-8-6-11/h2-3,5-8,10,15H,1,4,9,17H2,(H,19,20). The number of nitrogens with two attached hydrogens (primary N) is 1. The normalized spacial score (nSPS) is 16.7. The number of fused-ring (bicyclic) bond motifs is 1. The molecule has 0 fully saturated rings. The van der Waals surface area contributed by atoms with Gasteiger partial charge in [0.1, 0.15) is 0 Å². The van der Waals surface area contributed by atoms with Gasteiger partial charge in [0.2, 0.25) is 5.91 Å². The number of amides is 1. The molecule has 1 atom stereocenters. The molecule has 1 aromatic heterocycles. The highest BCUT2D eigenvalue weighted by atomic mass is 16.1. The van der Waals surface area contributed by atoms with Crippen LogP contribution in [0, 0.1) is 0 Å². The van der Waals surface area contributed by atoms with Crippen LogP contribution in [-0.2, 0) is 17.6 Å². The molecule has 0 radical (unpaired) electrons. The second-order valence-electron chi connectivity index (χ2n) is 5.15. The van der Waals surface area contributed by atoms with Gasteiger partial charge in [0, 0.05) is 18.1 Å². The molecular formula is C16H17N3O. The fourth-order valence-corrected chi connectivity index (χ4v) is 2.72. The van der Waals surface area contributed by atoms with Crippen molar-refractivity contribution in [3.05, 3.63) is 59.4 Å². The fourth-order valence-electron chi connectivity index (χ4n) is 2.72. The summed E-state index contributed by atoms with van der Waals surface area (Å²) in [7, 11) is 0. The molecule has 20 heavy (non-hydrogen) atoms. The number of nitrogen functional groups attached to an aromatic ring is 1. The van der Waals surface area contributed by atoms with Crippen LogP contribution < -0.4 is 11.1 Å². The Morgan fingerprint density at radius 1 is 1.30 bits per heavy atom. The molecule has 1 aromatic carbocycles. The van der Waals surface area contributed by atoms with Crippen molar-refractivity contribution in [1.82, 2.24) is 10.3 Å². The van der Waals surface area contributed by atoms with E-state index in [9.17, 15) is 4.79 Å². The van der Waals surface area contributed by atoms with Gasteiger partial charge in [0.25, 0.3) is 0 Å². The molecule has 3 rings (SSSR count). The van der Waals surface area contributed by atoms with Crippen molar-refractivity contribution in [2.45, 2.75) is 25.3 Å². The van der Waals surface area contributed by atoms with Gasteiger partial charge >= 0.3 is 0 Å². The largest absolute Gasteiger partial charge is 0.399 e. The zero-order valence-electron chi connectivity index (χ0n) is 11.2. The predicted molar refractivity (Wildman–Crippen MR) is 78.0 cm³/mol. The van der Waals surface area contributed by atoms with E-state index < -0.39 is 0 Å². The Kier molecular flexibility index (Phi) is 3.37. The molecule has 0 spiro atoms. The smallest absolute Gasteiger partial charge is 0.224 e. The van der Waals surface area contributed by atoms with Crippen molar-refractivity contribution >= 4 is 11.6 Å². The fraction of sp³-hybridized carbons (Fsp3) is 0.250. The zero-order chi connectivity index (χ0) is 13.9. The van der Waals surface area contributed by atoms with E-state index in [0.29, 0.717) is 6.42 Å². The number of anilines is 1. The van der Waals surface area contributed by atoms with Crippen molar-refractivity contribution < 1.29 is 4.79 Å². The minimum absolute atomic E-state index is 0.0471. The Labute approximate surface area is 118 Å². The van der Waals surface area contributed by atoms with Crippen molar-refractivity contribution in [3.63, 3.8) is 0 Å². The lowest BCUT2D eigenvalue weighted by Gasteiger charge is -2.14. The summed E-state index contributed by atoms with van der Waals surface area (Å²) < 4.78 is 0. The maximum absolute atomic E-state index is 12.1. The molecule has 1 aliphatic carbocycles. The molecule has 0 saturated heterocycles. The van der Waals surface area contributed by atoms with Crippen molar-refractivity contribution in [3.8, 4) is 0 Å². The maximum Gasteiger partial charge on any atom is 0.224 e. The summed E-state index contributed by atoms with van der Waals surface area (Å²) in [6, 6.07) is 9.76. The summed E-state index contributed by atoms with van der Waals surface area (Å²) in [6.45, 7) is 0. The molecule has 0 saturated carbocycles. The van der Waals surface area contributed by atoms with Crippen molar-refractivity contribution in [1.29, 1.82) is 0 Å². The van der Waals surface area contributed by atoms with Crippen LogP contribution in [0.25, 0.3) is 0 Å². The molecule has 102 valence electrons. The summed E-state index contributed by atoms with van der Waals surface area (Å²) in [5.41, 5.74) is 10.00. The van der Waals surface area contributed by atoms with Gasteiger partial charge in [-0.3, -0.25) is 9.78 Å². The first kappa shape index (κ1) is 12.7. The van der Waals surface area contributed by atoms with Crippen LogP contribution in [0.5, 0.6) is 0 Å². The minimum atomic E-state index is 0.0471. The van der Waals surface area contributed by atoms with E-state index in [1.807, 2.05) is 30.3 Å². The summed E-state index contributed by atoms with van der Waals surface area (Å²) in [6.07, 6.45) is 5.72. The van der Waals surface area contributed by atoms with Crippen LogP contribution in [0.3, 0.4) is 0 Å². The average molecular weight is 267 g/mol. The molecule has 0 bridgehead atoms. The second kappa shape index (κ2) is 5.33. The third-order valence-corrected chi connectivity index (χ3v) is 3.69. The molecule has 4 heteroatoms. The number of aryl methyl sites for hydroxylation is 1. The monoisotopic (exact) mass is 267 g/mol. The lowest BCUT2D eigenvalue weighted by atomic mass is 10.1. The highest BCUT2D eigenvalue weighted by Crippen LogP contribution is 2.32. The molecular weight excluding hydrogens is 250 g/mol. The molecule has 1 heterocycles. The first-order valence-corrected chi connectivity index (χ1v) is 6.79. The number of benzene rings is 1. The van der Waals surface area contributed by atoms with Crippen LogP contribution >= 0.6 is 0 Å². The van der Waals surface area contributed by atoms with Crippen LogP contribution in [0.2, 0.25) is 0 Å². The SMILES string of the molecule is Nc1ccc2c(c1)CCC2NC(=O)Cc1ccncc1. The van der Waals surface area contributed by atoms with E-state index in [2.05, 4.69) is 10.3 Å². The number of pyridine rings is 1. The number of nitrogens with zero attached hydrogens (tertiary/aromatic N) is 1. The number of aromatic nitrogens is 1.